The first-order chi connectivity index (χ1) is 18.2. The molecule has 0 saturated heterocycles. The van der Waals surface area contributed by atoms with Crippen LogP contribution in [0.4, 0.5) is 0 Å². The van der Waals surface area contributed by atoms with Crippen molar-refractivity contribution in [1.29, 1.82) is 0 Å². The van der Waals surface area contributed by atoms with Crippen molar-refractivity contribution < 1.29 is 19.7 Å². The molecule has 0 bridgehead atoms. The van der Waals surface area contributed by atoms with E-state index in [0.29, 0.717) is 22.3 Å². The molecule has 7 nitrogen and oxygen atoms in total. The van der Waals surface area contributed by atoms with Gasteiger partial charge in [-0.25, -0.2) is 4.98 Å². The van der Waals surface area contributed by atoms with Crippen molar-refractivity contribution in [3.8, 4) is 11.6 Å². The number of carbonyl (C=O) groups is 1. The van der Waals surface area contributed by atoms with Crippen LogP contribution in [0.3, 0.4) is 0 Å². The average Bonchev–Trinajstić information content (AvgIpc) is 3.37. The number of ether oxygens (including phenoxy) is 1. The van der Waals surface area contributed by atoms with Gasteiger partial charge in [-0.3, -0.25) is 4.79 Å². The molecular formula is C29H33Cl2N3O4. The molecule has 1 aliphatic carbocycles. The summed E-state index contributed by atoms with van der Waals surface area (Å²) in [5.74, 6) is -0.546. The zero-order chi connectivity index (χ0) is 27.3. The molecule has 4 rings (SSSR count). The molecule has 2 aromatic carbocycles. The fourth-order valence-corrected chi connectivity index (χ4v) is 5.45. The second-order valence-corrected chi connectivity index (χ2v) is 10.8. The highest BCUT2D eigenvalue weighted by atomic mass is 35.5. The van der Waals surface area contributed by atoms with E-state index >= 15 is 0 Å². The van der Waals surface area contributed by atoms with E-state index < -0.39 is 5.91 Å². The van der Waals surface area contributed by atoms with Gasteiger partial charge in [-0.05, 0) is 49.9 Å². The normalized spacial score (nSPS) is 14.6. The first kappa shape index (κ1) is 28.1. The summed E-state index contributed by atoms with van der Waals surface area (Å²) in [6.07, 6.45) is 4.28. The Morgan fingerprint density at radius 3 is 2.42 bits per heavy atom. The third-order valence-electron chi connectivity index (χ3n) is 7.14. The van der Waals surface area contributed by atoms with E-state index in [0.717, 1.165) is 36.8 Å². The predicted molar refractivity (Wildman–Crippen MR) is 148 cm³/mol. The molecule has 1 amide bonds. The highest BCUT2D eigenvalue weighted by Gasteiger charge is 2.38. The maximum absolute atomic E-state index is 13.7. The molecule has 1 fully saturated rings. The summed E-state index contributed by atoms with van der Waals surface area (Å²) in [4.78, 5) is 24.3. The number of hydrogen-bond acceptors (Lipinski definition) is 6. The predicted octanol–water partition coefficient (Wildman–Crippen LogP) is 5.97. The molecule has 1 heterocycles. The number of halogens is 2. The highest BCUT2D eigenvalue weighted by molar-refractivity contribution is 6.42. The number of aromatic hydroxyl groups is 1. The van der Waals surface area contributed by atoms with E-state index in [-0.39, 0.29) is 48.5 Å². The summed E-state index contributed by atoms with van der Waals surface area (Å²) in [5.41, 5.74) is 1.59. The van der Waals surface area contributed by atoms with Crippen LogP contribution < -0.4 is 4.74 Å². The fraction of sp³-hybridized carbons (Fsp3) is 0.414. The SMILES string of the molecule is CC(C)N(CCO)C(=O)c1nc(CC2(c3ccc(Cl)c(Cl)c3)CCCC2)nc(O)c1OCc1ccccc1. The minimum atomic E-state index is -0.439. The zero-order valence-corrected chi connectivity index (χ0v) is 23.2. The lowest BCUT2D eigenvalue weighted by Gasteiger charge is -2.30. The number of aliphatic hydroxyl groups excluding tert-OH is 1. The van der Waals surface area contributed by atoms with Gasteiger partial charge >= 0.3 is 0 Å². The standard InChI is InChI=1S/C29H33Cl2N3O4/c1-19(2)34(14-15-35)28(37)25-26(38-18-20-8-4-3-5-9-20)27(36)33-24(32-25)17-29(12-6-7-13-29)21-10-11-22(30)23(31)16-21/h3-5,8-11,16,19,35H,6-7,12-15,17-18H2,1-2H3,(H,32,33,36). The molecule has 2 N–H and O–H groups in total. The van der Waals surface area contributed by atoms with Gasteiger partial charge in [0.2, 0.25) is 5.75 Å². The number of nitrogens with zero attached hydrogens (tertiary/aromatic N) is 3. The van der Waals surface area contributed by atoms with Crippen molar-refractivity contribution in [3.63, 3.8) is 0 Å². The number of benzene rings is 2. The number of amides is 1. The van der Waals surface area contributed by atoms with E-state index in [1.165, 1.54) is 4.90 Å². The van der Waals surface area contributed by atoms with E-state index in [9.17, 15) is 15.0 Å². The average molecular weight is 559 g/mol. The van der Waals surface area contributed by atoms with Crippen LogP contribution in [0.1, 0.15) is 67.0 Å². The molecule has 0 aliphatic heterocycles. The van der Waals surface area contributed by atoms with Gasteiger partial charge < -0.3 is 19.8 Å². The van der Waals surface area contributed by atoms with Crippen LogP contribution >= 0.6 is 23.2 Å². The largest absolute Gasteiger partial charge is 0.491 e. The molecule has 3 aromatic rings. The van der Waals surface area contributed by atoms with Crippen LogP contribution in [0.5, 0.6) is 11.6 Å². The van der Waals surface area contributed by atoms with Gasteiger partial charge in [-0.2, -0.15) is 4.98 Å². The Hall–Kier alpha value is -2.87. The Labute approximate surface area is 233 Å². The quantitative estimate of drug-likeness (QED) is 0.319. The lowest BCUT2D eigenvalue weighted by atomic mass is 9.76. The van der Waals surface area contributed by atoms with Crippen molar-refractivity contribution in [3.05, 3.63) is 81.2 Å². The highest BCUT2D eigenvalue weighted by Crippen LogP contribution is 2.45. The summed E-state index contributed by atoms with van der Waals surface area (Å²) in [6, 6.07) is 14.9. The summed E-state index contributed by atoms with van der Waals surface area (Å²) in [7, 11) is 0. The maximum atomic E-state index is 13.7. The Morgan fingerprint density at radius 1 is 1.08 bits per heavy atom. The Kier molecular flexibility index (Phi) is 9.13. The number of carbonyl (C=O) groups excluding carboxylic acids is 1. The van der Waals surface area contributed by atoms with Gasteiger partial charge in [-0.15, -0.1) is 0 Å². The van der Waals surface area contributed by atoms with Crippen LogP contribution in [0, 0.1) is 0 Å². The zero-order valence-electron chi connectivity index (χ0n) is 21.7. The maximum Gasteiger partial charge on any atom is 0.276 e. The van der Waals surface area contributed by atoms with Crippen molar-refractivity contribution in [2.45, 2.75) is 64.0 Å². The summed E-state index contributed by atoms with van der Waals surface area (Å²) in [5, 5.41) is 21.6. The molecule has 1 aromatic heterocycles. The van der Waals surface area contributed by atoms with Gasteiger partial charge in [-0.1, -0.05) is 72.4 Å². The topological polar surface area (TPSA) is 95.8 Å². The molecule has 38 heavy (non-hydrogen) atoms. The minimum Gasteiger partial charge on any atom is -0.491 e. The molecule has 9 heteroatoms. The monoisotopic (exact) mass is 557 g/mol. The fourth-order valence-electron chi connectivity index (χ4n) is 5.16. The van der Waals surface area contributed by atoms with Gasteiger partial charge in [0.05, 0.1) is 16.7 Å². The first-order valence-corrected chi connectivity index (χ1v) is 13.6. The number of hydrogen-bond donors (Lipinski definition) is 2. The molecule has 202 valence electrons. The molecule has 0 unspecified atom stereocenters. The summed E-state index contributed by atoms with van der Waals surface area (Å²) >= 11 is 12.5. The number of rotatable bonds is 10. The minimum absolute atomic E-state index is 0.0205. The van der Waals surface area contributed by atoms with E-state index in [1.807, 2.05) is 56.3 Å². The Bertz CT molecular complexity index is 1260. The lowest BCUT2D eigenvalue weighted by molar-refractivity contribution is 0.0651. The van der Waals surface area contributed by atoms with Crippen LogP contribution in [0.2, 0.25) is 10.0 Å². The van der Waals surface area contributed by atoms with Crippen LogP contribution in [0.25, 0.3) is 0 Å². The summed E-state index contributed by atoms with van der Waals surface area (Å²) in [6.45, 7) is 3.78. The number of aromatic nitrogens is 2. The third-order valence-corrected chi connectivity index (χ3v) is 7.88. The lowest BCUT2D eigenvalue weighted by Crippen LogP contribution is -2.40. The van der Waals surface area contributed by atoms with Crippen LogP contribution in [-0.4, -0.2) is 50.2 Å². The molecule has 0 atom stereocenters. The van der Waals surface area contributed by atoms with E-state index in [2.05, 4.69) is 9.97 Å². The van der Waals surface area contributed by atoms with Crippen molar-refractivity contribution >= 4 is 29.1 Å². The number of aliphatic hydroxyl groups is 1. The van der Waals surface area contributed by atoms with Crippen molar-refractivity contribution in [2.24, 2.45) is 0 Å². The Morgan fingerprint density at radius 2 is 1.79 bits per heavy atom. The second kappa shape index (κ2) is 12.3. The first-order valence-electron chi connectivity index (χ1n) is 12.9. The van der Waals surface area contributed by atoms with Crippen LogP contribution in [0.15, 0.2) is 48.5 Å². The van der Waals surface area contributed by atoms with Gasteiger partial charge in [0.1, 0.15) is 12.4 Å². The smallest absolute Gasteiger partial charge is 0.276 e. The third kappa shape index (κ3) is 6.22. The summed E-state index contributed by atoms with van der Waals surface area (Å²) < 4.78 is 5.93. The van der Waals surface area contributed by atoms with Crippen molar-refractivity contribution in [2.75, 3.05) is 13.2 Å². The van der Waals surface area contributed by atoms with Gasteiger partial charge in [0, 0.05) is 24.4 Å². The molecular weight excluding hydrogens is 525 g/mol. The van der Waals surface area contributed by atoms with Crippen LogP contribution in [-0.2, 0) is 18.4 Å². The van der Waals surface area contributed by atoms with E-state index in [4.69, 9.17) is 27.9 Å². The molecule has 0 radical (unpaired) electrons. The van der Waals surface area contributed by atoms with E-state index in [1.54, 1.807) is 6.07 Å². The molecule has 0 spiro atoms. The van der Waals surface area contributed by atoms with Gasteiger partial charge in [0.15, 0.2) is 5.69 Å². The van der Waals surface area contributed by atoms with Crippen molar-refractivity contribution in [1.82, 2.24) is 14.9 Å². The Balaban J connectivity index is 1.74. The second-order valence-electron chi connectivity index (χ2n) is 10.0. The molecule has 1 aliphatic rings. The molecule has 1 saturated carbocycles. The van der Waals surface area contributed by atoms with Gasteiger partial charge in [0.25, 0.3) is 11.8 Å².